The Labute approximate surface area is 213 Å². The van der Waals surface area contributed by atoms with Crippen LogP contribution in [0.4, 0.5) is 17.1 Å². The zero-order chi connectivity index (χ0) is 23.9. The van der Waals surface area contributed by atoms with Gasteiger partial charge in [-0.1, -0.05) is 54.6 Å². The molecule has 0 saturated heterocycles. The predicted octanol–water partition coefficient (Wildman–Crippen LogP) is 8.39. The van der Waals surface area contributed by atoms with Crippen molar-refractivity contribution >= 4 is 38.6 Å². The Hall–Kier alpha value is -4.48. The van der Waals surface area contributed by atoms with Gasteiger partial charge in [0.15, 0.2) is 0 Å². The van der Waals surface area contributed by atoms with Gasteiger partial charge in [0.25, 0.3) is 0 Å². The van der Waals surface area contributed by atoms with Crippen molar-refractivity contribution in [3.8, 4) is 27.6 Å². The number of anilines is 3. The maximum Gasteiger partial charge on any atom is 0.143 e. The molecule has 4 nitrogen and oxygen atoms in total. The topological polar surface area (TPSA) is 38.2 Å². The number of benzene rings is 4. The Morgan fingerprint density at radius 1 is 0.722 bits per heavy atom. The summed E-state index contributed by atoms with van der Waals surface area (Å²) in [6.07, 6.45) is 1.83. The molecule has 0 aliphatic carbocycles. The first-order valence-electron chi connectivity index (χ1n) is 11.9. The van der Waals surface area contributed by atoms with Gasteiger partial charge in [0.1, 0.15) is 17.4 Å². The fourth-order valence-corrected chi connectivity index (χ4v) is 5.65. The van der Waals surface area contributed by atoms with E-state index in [0.29, 0.717) is 6.61 Å². The number of thiazole rings is 1. The summed E-state index contributed by atoms with van der Waals surface area (Å²) < 4.78 is 7.46. The molecule has 5 heteroatoms. The van der Waals surface area contributed by atoms with Crippen molar-refractivity contribution < 1.29 is 4.74 Å². The molecule has 0 fully saturated rings. The van der Waals surface area contributed by atoms with Crippen molar-refractivity contribution in [2.75, 3.05) is 4.90 Å². The van der Waals surface area contributed by atoms with Gasteiger partial charge in [-0.2, -0.15) is 0 Å². The Morgan fingerprint density at radius 2 is 1.61 bits per heavy atom. The van der Waals surface area contributed by atoms with E-state index >= 15 is 0 Å². The number of ether oxygens (including phenoxy) is 1. The van der Waals surface area contributed by atoms with E-state index in [2.05, 4.69) is 82.7 Å². The van der Waals surface area contributed by atoms with E-state index in [1.807, 2.05) is 42.6 Å². The number of hydrogen-bond acceptors (Lipinski definition) is 5. The van der Waals surface area contributed by atoms with Gasteiger partial charge in [-0.25, -0.2) is 4.98 Å². The average molecular weight is 484 g/mol. The van der Waals surface area contributed by atoms with Gasteiger partial charge in [0, 0.05) is 28.6 Å². The molecule has 2 aromatic heterocycles. The molecule has 0 N–H and O–H groups in total. The minimum absolute atomic E-state index is 0.503. The van der Waals surface area contributed by atoms with Crippen molar-refractivity contribution in [1.82, 2.24) is 9.97 Å². The lowest BCUT2D eigenvalue weighted by atomic mass is 10.1. The van der Waals surface area contributed by atoms with E-state index < -0.39 is 0 Å². The first-order chi connectivity index (χ1) is 17.8. The first kappa shape index (κ1) is 20.9. The van der Waals surface area contributed by atoms with Crippen LogP contribution in [0.1, 0.15) is 5.56 Å². The van der Waals surface area contributed by atoms with Crippen LogP contribution in [0, 0.1) is 0 Å². The molecule has 0 saturated carbocycles. The van der Waals surface area contributed by atoms with Crippen LogP contribution in [0.5, 0.6) is 5.75 Å². The lowest BCUT2D eigenvalue weighted by Gasteiger charge is -2.26. The number of para-hydroxylation sites is 3. The molecular formula is C31H21N3OS. The molecule has 0 amide bonds. The summed E-state index contributed by atoms with van der Waals surface area (Å²) in [5.74, 6) is 0.860. The highest BCUT2D eigenvalue weighted by Gasteiger charge is 2.24. The van der Waals surface area contributed by atoms with Gasteiger partial charge in [0.2, 0.25) is 0 Å². The number of hydrogen-bond donors (Lipinski definition) is 0. The Bertz CT molecular complexity index is 1680. The second-order valence-electron chi connectivity index (χ2n) is 8.69. The summed E-state index contributed by atoms with van der Waals surface area (Å²) >= 11 is 1.72. The average Bonchev–Trinajstić information content (AvgIpc) is 3.31. The van der Waals surface area contributed by atoms with E-state index in [4.69, 9.17) is 9.72 Å². The SMILES string of the molecule is c1ccc(-c2cccc(N3c4cc(-c5nc6ccccc6s5)ccc4COc4ccccc43)c2)nc1. The van der Waals surface area contributed by atoms with Crippen LogP contribution in [-0.2, 0) is 6.61 Å². The molecule has 36 heavy (non-hydrogen) atoms. The molecule has 0 radical (unpaired) electrons. The molecule has 7 rings (SSSR count). The Morgan fingerprint density at radius 3 is 2.53 bits per heavy atom. The maximum atomic E-state index is 6.27. The van der Waals surface area contributed by atoms with Crippen LogP contribution in [0.15, 0.2) is 115 Å². The smallest absolute Gasteiger partial charge is 0.143 e. The van der Waals surface area contributed by atoms with Gasteiger partial charge >= 0.3 is 0 Å². The predicted molar refractivity (Wildman–Crippen MR) is 147 cm³/mol. The van der Waals surface area contributed by atoms with Gasteiger partial charge in [-0.15, -0.1) is 11.3 Å². The molecule has 6 aromatic rings. The molecule has 1 aliphatic heterocycles. The number of nitrogens with zero attached hydrogens (tertiary/aromatic N) is 3. The van der Waals surface area contributed by atoms with Crippen LogP contribution in [-0.4, -0.2) is 9.97 Å². The quantitative estimate of drug-likeness (QED) is 0.253. The van der Waals surface area contributed by atoms with Crippen molar-refractivity contribution in [1.29, 1.82) is 0 Å². The van der Waals surface area contributed by atoms with Crippen LogP contribution in [0.3, 0.4) is 0 Å². The highest BCUT2D eigenvalue weighted by molar-refractivity contribution is 7.21. The standard InChI is InChI=1S/C31H21N3OS/c1-4-14-30-26(11-1)33-31(36-30)22-15-16-23-20-35-29-13-3-2-12-27(29)34(28(23)19-22)24-9-7-8-21(18-24)25-10-5-6-17-32-25/h1-19H,20H2. The van der Waals surface area contributed by atoms with Crippen LogP contribution in [0.2, 0.25) is 0 Å². The zero-order valence-electron chi connectivity index (χ0n) is 19.3. The monoisotopic (exact) mass is 483 g/mol. The summed E-state index contributed by atoms with van der Waals surface area (Å²) in [4.78, 5) is 11.8. The molecular weight excluding hydrogens is 462 g/mol. The third-order valence-corrected chi connectivity index (χ3v) is 7.51. The highest BCUT2D eigenvalue weighted by atomic mass is 32.1. The minimum Gasteiger partial charge on any atom is -0.487 e. The molecule has 0 bridgehead atoms. The zero-order valence-corrected chi connectivity index (χ0v) is 20.2. The summed E-state index contributed by atoms with van der Waals surface area (Å²) in [6.45, 7) is 0.503. The van der Waals surface area contributed by atoms with Gasteiger partial charge in [0.05, 0.1) is 27.3 Å². The second kappa shape index (κ2) is 8.63. The molecule has 0 unspecified atom stereocenters. The molecule has 0 atom stereocenters. The van der Waals surface area contributed by atoms with Gasteiger partial charge < -0.3 is 9.64 Å². The van der Waals surface area contributed by atoms with E-state index in [9.17, 15) is 0 Å². The summed E-state index contributed by atoms with van der Waals surface area (Å²) in [6, 6.07) is 37.6. The van der Waals surface area contributed by atoms with E-state index in [-0.39, 0.29) is 0 Å². The van der Waals surface area contributed by atoms with Crippen LogP contribution < -0.4 is 9.64 Å². The first-order valence-corrected chi connectivity index (χ1v) is 12.7. The number of aromatic nitrogens is 2. The summed E-state index contributed by atoms with van der Waals surface area (Å²) in [5.41, 5.74) is 8.42. The molecule has 172 valence electrons. The Kier molecular flexibility index (Phi) is 5.00. The Balaban J connectivity index is 1.42. The lowest BCUT2D eigenvalue weighted by Crippen LogP contribution is -2.11. The summed E-state index contributed by atoms with van der Waals surface area (Å²) in [7, 11) is 0. The fraction of sp³-hybridized carbons (Fsp3) is 0.0323. The number of pyridine rings is 1. The second-order valence-corrected chi connectivity index (χ2v) is 9.72. The van der Waals surface area contributed by atoms with Crippen molar-refractivity contribution in [3.05, 3.63) is 121 Å². The number of fused-ring (bicyclic) bond motifs is 3. The largest absolute Gasteiger partial charge is 0.487 e. The maximum absolute atomic E-state index is 6.27. The molecule has 0 spiro atoms. The fourth-order valence-electron chi connectivity index (χ4n) is 4.69. The van der Waals surface area contributed by atoms with Gasteiger partial charge in [-0.3, -0.25) is 4.98 Å². The van der Waals surface area contributed by atoms with Crippen molar-refractivity contribution in [3.63, 3.8) is 0 Å². The molecule has 4 aromatic carbocycles. The normalized spacial score (nSPS) is 12.5. The van der Waals surface area contributed by atoms with E-state index in [1.54, 1.807) is 11.3 Å². The van der Waals surface area contributed by atoms with Crippen molar-refractivity contribution in [2.45, 2.75) is 6.61 Å². The van der Waals surface area contributed by atoms with Crippen LogP contribution >= 0.6 is 11.3 Å². The van der Waals surface area contributed by atoms with Crippen LogP contribution in [0.25, 0.3) is 32.0 Å². The third-order valence-electron chi connectivity index (χ3n) is 6.42. The highest BCUT2D eigenvalue weighted by Crippen LogP contribution is 2.46. The third kappa shape index (κ3) is 3.61. The van der Waals surface area contributed by atoms with E-state index in [0.717, 1.165) is 55.7 Å². The molecule has 3 heterocycles. The summed E-state index contributed by atoms with van der Waals surface area (Å²) in [5, 5.41) is 1.01. The number of rotatable bonds is 3. The minimum atomic E-state index is 0.503. The lowest BCUT2D eigenvalue weighted by molar-refractivity contribution is 0.310. The van der Waals surface area contributed by atoms with E-state index in [1.165, 1.54) is 4.70 Å². The van der Waals surface area contributed by atoms with Crippen molar-refractivity contribution in [2.24, 2.45) is 0 Å². The molecule has 1 aliphatic rings. The van der Waals surface area contributed by atoms with Gasteiger partial charge in [-0.05, 0) is 54.6 Å².